The number of hydrogen-bond acceptors (Lipinski definition) is 0. The van der Waals surface area contributed by atoms with E-state index in [2.05, 4.69) is 109 Å². The summed E-state index contributed by atoms with van der Waals surface area (Å²) in [5.41, 5.74) is 8.28. The average molecular weight is 393 g/mol. The lowest BCUT2D eigenvalue weighted by atomic mass is 9.92. The van der Waals surface area contributed by atoms with E-state index >= 15 is 0 Å². The molecule has 0 aliphatic heterocycles. The fourth-order valence-electron chi connectivity index (χ4n) is 5.34. The van der Waals surface area contributed by atoms with Crippen molar-refractivity contribution >= 4 is 32.3 Å². The van der Waals surface area contributed by atoms with Crippen molar-refractivity contribution in [2.24, 2.45) is 0 Å². The van der Waals surface area contributed by atoms with Crippen molar-refractivity contribution in [2.45, 2.75) is 6.42 Å². The summed E-state index contributed by atoms with van der Waals surface area (Å²) < 4.78 is 0. The summed E-state index contributed by atoms with van der Waals surface area (Å²) in [4.78, 5) is 0. The minimum Gasteiger partial charge on any atom is -0.0619 e. The second-order valence-electron chi connectivity index (χ2n) is 8.59. The van der Waals surface area contributed by atoms with Crippen LogP contribution in [0.4, 0.5) is 0 Å². The van der Waals surface area contributed by atoms with Crippen LogP contribution in [0.15, 0.2) is 109 Å². The minimum absolute atomic E-state index is 1.02. The van der Waals surface area contributed by atoms with Gasteiger partial charge in [-0.1, -0.05) is 91.0 Å². The summed E-state index contributed by atoms with van der Waals surface area (Å²) in [6.45, 7) is 0. The molecule has 0 nitrogen and oxygen atoms in total. The topological polar surface area (TPSA) is 0 Å². The molecule has 6 aromatic carbocycles. The van der Waals surface area contributed by atoms with Crippen molar-refractivity contribution < 1.29 is 0 Å². The van der Waals surface area contributed by atoms with Gasteiger partial charge in [0.1, 0.15) is 0 Å². The lowest BCUT2D eigenvalue weighted by Crippen LogP contribution is -1.87. The summed E-state index contributed by atoms with van der Waals surface area (Å²) in [5, 5.41) is 7.89. The first-order valence-electron chi connectivity index (χ1n) is 10.9. The molecule has 0 heterocycles. The maximum atomic E-state index is 2.41. The largest absolute Gasteiger partial charge is 0.0619 e. The van der Waals surface area contributed by atoms with Gasteiger partial charge in [0.05, 0.1) is 0 Å². The molecule has 7 rings (SSSR count). The third-order valence-corrected chi connectivity index (χ3v) is 6.87. The first-order valence-corrected chi connectivity index (χ1v) is 10.9. The zero-order valence-electron chi connectivity index (χ0n) is 17.1. The second-order valence-corrected chi connectivity index (χ2v) is 8.59. The first kappa shape index (κ1) is 16.8. The van der Waals surface area contributed by atoms with E-state index in [9.17, 15) is 0 Å². The Balaban J connectivity index is 1.48. The van der Waals surface area contributed by atoms with Gasteiger partial charge >= 0.3 is 0 Å². The normalized spacial score (nSPS) is 12.4. The molecule has 0 saturated heterocycles. The molecule has 1 aliphatic carbocycles. The Morgan fingerprint density at radius 2 is 1.16 bits per heavy atom. The van der Waals surface area contributed by atoms with E-state index in [1.54, 1.807) is 0 Å². The molecule has 6 aromatic rings. The van der Waals surface area contributed by atoms with Gasteiger partial charge in [-0.25, -0.2) is 0 Å². The highest BCUT2D eigenvalue weighted by Crippen LogP contribution is 2.42. The van der Waals surface area contributed by atoms with Crippen LogP contribution in [0, 0.1) is 0 Å². The third kappa shape index (κ3) is 2.49. The van der Waals surface area contributed by atoms with Crippen molar-refractivity contribution in [3.05, 3.63) is 120 Å². The molecule has 0 atom stereocenters. The zero-order chi connectivity index (χ0) is 20.4. The Morgan fingerprint density at radius 3 is 2.10 bits per heavy atom. The SMILES string of the molecule is c1ccc2c(c1)Cc1c-2ccc2ccc(-c3cccc4cc5ccccc5cc34)cc12. The van der Waals surface area contributed by atoms with Crippen LogP contribution < -0.4 is 0 Å². The Morgan fingerprint density at radius 1 is 0.419 bits per heavy atom. The fraction of sp³-hybridized carbons (Fsp3) is 0.0323. The predicted molar refractivity (Wildman–Crippen MR) is 133 cm³/mol. The van der Waals surface area contributed by atoms with Crippen LogP contribution in [0.25, 0.3) is 54.6 Å². The van der Waals surface area contributed by atoms with Crippen LogP contribution in [0.1, 0.15) is 11.1 Å². The van der Waals surface area contributed by atoms with Crippen molar-refractivity contribution in [3.63, 3.8) is 0 Å². The van der Waals surface area contributed by atoms with E-state index in [-0.39, 0.29) is 0 Å². The van der Waals surface area contributed by atoms with Gasteiger partial charge in [-0.15, -0.1) is 0 Å². The van der Waals surface area contributed by atoms with E-state index in [0.717, 1.165) is 6.42 Å². The van der Waals surface area contributed by atoms with Gasteiger partial charge in [0.15, 0.2) is 0 Å². The van der Waals surface area contributed by atoms with E-state index in [0.29, 0.717) is 0 Å². The highest BCUT2D eigenvalue weighted by molar-refractivity contribution is 6.06. The van der Waals surface area contributed by atoms with Gasteiger partial charge in [0.25, 0.3) is 0 Å². The number of benzene rings is 6. The highest BCUT2D eigenvalue weighted by Gasteiger charge is 2.20. The van der Waals surface area contributed by atoms with Crippen molar-refractivity contribution in [1.29, 1.82) is 0 Å². The number of hydrogen-bond donors (Lipinski definition) is 0. The number of fused-ring (bicyclic) bond motifs is 7. The van der Waals surface area contributed by atoms with Gasteiger partial charge < -0.3 is 0 Å². The van der Waals surface area contributed by atoms with E-state index < -0.39 is 0 Å². The lowest BCUT2D eigenvalue weighted by Gasteiger charge is -2.12. The molecule has 0 saturated carbocycles. The maximum absolute atomic E-state index is 2.41. The first-order chi connectivity index (χ1) is 15.3. The second kappa shape index (κ2) is 6.30. The summed E-state index contributed by atoms with van der Waals surface area (Å²) in [7, 11) is 0. The Labute approximate surface area is 181 Å². The number of rotatable bonds is 1. The molecule has 0 radical (unpaired) electrons. The summed E-state index contributed by atoms with van der Waals surface area (Å²) in [6.07, 6.45) is 1.02. The minimum atomic E-state index is 1.02. The maximum Gasteiger partial charge on any atom is -0.000728 e. The lowest BCUT2D eigenvalue weighted by molar-refractivity contribution is 1.28. The summed E-state index contributed by atoms with van der Waals surface area (Å²) in [5.74, 6) is 0. The summed E-state index contributed by atoms with van der Waals surface area (Å²) in [6, 6.07) is 40.3. The summed E-state index contributed by atoms with van der Waals surface area (Å²) >= 11 is 0. The molecule has 0 heteroatoms. The average Bonchev–Trinajstić information content (AvgIpc) is 3.21. The van der Waals surface area contributed by atoms with Crippen molar-refractivity contribution in [3.8, 4) is 22.3 Å². The van der Waals surface area contributed by atoms with E-state index in [4.69, 9.17) is 0 Å². The van der Waals surface area contributed by atoms with Gasteiger partial charge in [-0.3, -0.25) is 0 Å². The van der Waals surface area contributed by atoms with Gasteiger partial charge in [-0.2, -0.15) is 0 Å². The molecule has 0 spiro atoms. The highest BCUT2D eigenvalue weighted by atomic mass is 14.2. The molecular formula is C31H20. The van der Waals surface area contributed by atoms with Crippen LogP contribution in [-0.4, -0.2) is 0 Å². The van der Waals surface area contributed by atoms with Crippen LogP contribution in [0.5, 0.6) is 0 Å². The Hall–Kier alpha value is -3.90. The molecule has 0 N–H and O–H groups in total. The molecule has 0 amide bonds. The van der Waals surface area contributed by atoms with Gasteiger partial charge in [-0.05, 0) is 90.3 Å². The molecule has 31 heavy (non-hydrogen) atoms. The molecule has 0 aromatic heterocycles. The molecular weight excluding hydrogens is 372 g/mol. The van der Waals surface area contributed by atoms with Gasteiger partial charge in [0.2, 0.25) is 0 Å². The standard InChI is InChI=1S/C31H20/c1-2-7-22-17-30-23(16-21(22)6-1)9-5-11-27(30)25-13-12-20-14-15-28-26-10-4-3-8-24(26)19-31(28)29(20)18-25/h1-18H,19H2. The van der Waals surface area contributed by atoms with E-state index in [1.165, 1.54) is 65.7 Å². The van der Waals surface area contributed by atoms with Gasteiger partial charge in [0, 0.05) is 0 Å². The van der Waals surface area contributed by atoms with Crippen LogP contribution in [-0.2, 0) is 6.42 Å². The third-order valence-electron chi connectivity index (χ3n) is 6.87. The Bertz CT molecular complexity index is 1650. The molecule has 0 fully saturated rings. The van der Waals surface area contributed by atoms with Crippen LogP contribution in [0.3, 0.4) is 0 Å². The quantitative estimate of drug-likeness (QED) is 0.246. The smallest absolute Gasteiger partial charge is 0.000728 e. The molecule has 0 bridgehead atoms. The fourth-order valence-corrected chi connectivity index (χ4v) is 5.34. The van der Waals surface area contributed by atoms with Crippen molar-refractivity contribution in [1.82, 2.24) is 0 Å². The predicted octanol–water partition coefficient (Wildman–Crippen LogP) is 8.38. The van der Waals surface area contributed by atoms with Crippen LogP contribution >= 0.6 is 0 Å². The molecule has 0 unspecified atom stereocenters. The van der Waals surface area contributed by atoms with E-state index in [1.807, 2.05) is 0 Å². The molecule has 144 valence electrons. The Kier molecular flexibility index (Phi) is 3.42. The molecule has 1 aliphatic rings. The zero-order valence-corrected chi connectivity index (χ0v) is 17.1. The monoisotopic (exact) mass is 392 g/mol. The van der Waals surface area contributed by atoms with Crippen LogP contribution in [0.2, 0.25) is 0 Å². The van der Waals surface area contributed by atoms with Crippen molar-refractivity contribution in [2.75, 3.05) is 0 Å².